The summed E-state index contributed by atoms with van der Waals surface area (Å²) >= 11 is 0. The number of hydrogen-bond donors (Lipinski definition) is 1. The van der Waals surface area contributed by atoms with Crippen LogP contribution in [-0.4, -0.2) is 36.1 Å². The van der Waals surface area contributed by atoms with Crippen molar-refractivity contribution in [3.63, 3.8) is 0 Å². The van der Waals surface area contributed by atoms with E-state index in [1.807, 2.05) is 6.07 Å². The Balaban J connectivity index is 2.22. The SMILES string of the molecule is CN(CC1CCCN1)c1ncc(C#N)cc1[N+](=O)[O-]. The molecule has 0 radical (unpaired) electrons. The van der Waals surface area contributed by atoms with Crippen LogP contribution in [0, 0.1) is 21.4 Å². The zero-order chi connectivity index (χ0) is 13.8. The molecule has 1 saturated heterocycles. The van der Waals surface area contributed by atoms with Gasteiger partial charge >= 0.3 is 5.69 Å². The normalized spacial score (nSPS) is 18.0. The van der Waals surface area contributed by atoms with Crippen molar-refractivity contribution in [2.24, 2.45) is 0 Å². The summed E-state index contributed by atoms with van der Waals surface area (Å²) in [5.74, 6) is 0.303. The number of nitrogens with one attached hydrogen (secondary N) is 1. The van der Waals surface area contributed by atoms with Crippen molar-refractivity contribution >= 4 is 11.5 Å². The van der Waals surface area contributed by atoms with E-state index < -0.39 is 4.92 Å². The number of anilines is 1. The molecular weight excluding hydrogens is 246 g/mol. The molecule has 1 aliphatic rings. The topological polar surface area (TPSA) is 95.1 Å². The molecule has 0 amide bonds. The monoisotopic (exact) mass is 261 g/mol. The van der Waals surface area contributed by atoms with Gasteiger partial charge in [0, 0.05) is 31.9 Å². The third-order valence-corrected chi connectivity index (χ3v) is 3.19. The summed E-state index contributed by atoms with van der Waals surface area (Å²) in [6, 6.07) is 3.46. The van der Waals surface area contributed by atoms with Gasteiger partial charge in [0.1, 0.15) is 6.07 Å². The molecule has 0 bridgehead atoms. The highest BCUT2D eigenvalue weighted by Crippen LogP contribution is 2.26. The maximum Gasteiger partial charge on any atom is 0.312 e. The minimum atomic E-state index is -0.498. The Morgan fingerprint density at radius 1 is 1.74 bits per heavy atom. The molecule has 100 valence electrons. The maximum absolute atomic E-state index is 11.0. The fourth-order valence-electron chi connectivity index (χ4n) is 2.27. The summed E-state index contributed by atoms with van der Waals surface area (Å²) < 4.78 is 0. The highest BCUT2D eigenvalue weighted by Gasteiger charge is 2.23. The molecule has 0 saturated carbocycles. The molecule has 19 heavy (non-hydrogen) atoms. The maximum atomic E-state index is 11.0. The van der Waals surface area contributed by atoms with Crippen LogP contribution in [0.3, 0.4) is 0 Å². The first-order valence-electron chi connectivity index (χ1n) is 6.11. The standard InChI is InChI=1S/C12H15N5O2/c1-16(8-10-3-2-4-14-10)12-11(17(18)19)5-9(6-13)7-15-12/h5,7,10,14H,2-4,8H2,1H3. The average molecular weight is 261 g/mol. The fraction of sp³-hybridized carbons (Fsp3) is 0.500. The largest absolute Gasteiger partial charge is 0.352 e. The molecule has 0 aromatic carbocycles. The number of hydrogen-bond acceptors (Lipinski definition) is 6. The third kappa shape index (κ3) is 2.98. The van der Waals surface area contributed by atoms with Gasteiger partial charge < -0.3 is 10.2 Å². The molecule has 0 aliphatic carbocycles. The van der Waals surface area contributed by atoms with E-state index in [9.17, 15) is 10.1 Å². The lowest BCUT2D eigenvalue weighted by atomic mass is 10.2. The van der Waals surface area contributed by atoms with Gasteiger partial charge in [-0.05, 0) is 19.4 Å². The van der Waals surface area contributed by atoms with Crippen molar-refractivity contribution in [2.75, 3.05) is 25.0 Å². The second kappa shape index (κ2) is 5.63. The highest BCUT2D eigenvalue weighted by molar-refractivity contribution is 5.59. The van der Waals surface area contributed by atoms with E-state index in [-0.39, 0.29) is 11.3 Å². The number of nitrogens with zero attached hydrogens (tertiary/aromatic N) is 4. The van der Waals surface area contributed by atoms with Crippen LogP contribution >= 0.6 is 0 Å². The lowest BCUT2D eigenvalue weighted by Crippen LogP contribution is -2.35. The van der Waals surface area contributed by atoms with Gasteiger partial charge in [0.15, 0.2) is 0 Å². The Kier molecular flexibility index (Phi) is 3.92. The van der Waals surface area contributed by atoms with Crippen LogP contribution in [0.4, 0.5) is 11.5 Å². The summed E-state index contributed by atoms with van der Waals surface area (Å²) in [6.45, 7) is 1.65. The predicted octanol–water partition coefficient (Wildman–Crippen LogP) is 1.05. The Morgan fingerprint density at radius 2 is 2.53 bits per heavy atom. The molecule has 0 spiro atoms. The van der Waals surface area contributed by atoms with E-state index in [1.165, 1.54) is 12.3 Å². The second-order valence-corrected chi connectivity index (χ2v) is 4.61. The van der Waals surface area contributed by atoms with Gasteiger partial charge in [-0.25, -0.2) is 4.98 Å². The molecule has 1 N–H and O–H groups in total. The van der Waals surface area contributed by atoms with Crippen LogP contribution in [-0.2, 0) is 0 Å². The average Bonchev–Trinajstić information content (AvgIpc) is 2.90. The summed E-state index contributed by atoms with van der Waals surface area (Å²) in [6.07, 6.45) is 3.55. The van der Waals surface area contributed by atoms with Crippen molar-refractivity contribution < 1.29 is 4.92 Å². The molecule has 1 aromatic rings. The number of pyridine rings is 1. The minimum Gasteiger partial charge on any atom is -0.352 e. The van der Waals surface area contributed by atoms with E-state index in [4.69, 9.17) is 5.26 Å². The van der Waals surface area contributed by atoms with E-state index in [0.29, 0.717) is 18.4 Å². The minimum absolute atomic E-state index is 0.125. The molecule has 2 rings (SSSR count). The van der Waals surface area contributed by atoms with Crippen molar-refractivity contribution in [3.8, 4) is 6.07 Å². The molecule has 7 nitrogen and oxygen atoms in total. The van der Waals surface area contributed by atoms with Crippen LogP contribution in [0.2, 0.25) is 0 Å². The second-order valence-electron chi connectivity index (χ2n) is 4.61. The van der Waals surface area contributed by atoms with Crippen LogP contribution in [0.15, 0.2) is 12.3 Å². The predicted molar refractivity (Wildman–Crippen MR) is 69.9 cm³/mol. The molecular formula is C12H15N5O2. The smallest absolute Gasteiger partial charge is 0.312 e. The number of aromatic nitrogens is 1. The van der Waals surface area contributed by atoms with Crippen molar-refractivity contribution in [3.05, 3.63) is 27.9 Å². The van der Waals surface area contributed by atoms with Crippen molar-refractivity contribution in [2.45, 2.75) is 18.9 Å². The number of nitro groups is 1. The zero-order valence-corrected chi connectivity index (χ0v) is 10.7. The van der Waals surface area contributed by atoms with E-state index >= 15 is 0 Å². The summed E-state index contributed by atoms with van der Waals surface area (Å²) in [4.78, 5) is 16.4. The fourth-order valence-corrected chi connectivity index (χ4v) is 2.27. The zero-order valence-electron chi connectivity index (χ0n) is 10.7. The van der Waals surface area contributed by atoms with Gasteiger partial charge in [0.05, 0.1) is 10.5 Å². The van der Waals surface area contributed by atoms with E-state index in [2.05, 4.69) is 10.3 Å². The quantitative estimate of drug-likeness (QED) is 0.643. The lowest BCUT2D eigenvalue weighted by Gasteiger charge is -2.21. The van der Waals surface area contributed by atoms with Crippen LogP contribution < -0.4 is 10.2 Å². The molecule has 2 heterocycles. The van der Waals surface area contributed by atoms with Gasteiger partial charge in [0.2, 0.25) is 5.82 Å². The molecule has 1 aliphatic heterocycles. The van der Waals surface area contributed by atoms with Gasteiger partial charge in [-0.3, -0.25) is 10.1 Å². The first-order valence-corrected chi connectivity index (χ1v) is 6.11. The number of rotatable bonds is 4. The Morgan fingerprint density at radius 3 is 3.11 bits per heavy atom. The van der Waals surface area contributed by atoms with Gasteiger partial charge in [-0.1, -0.05) is 0 Å². The van der Waals surface area contributed by atoms with Crippen LogP contribution in [0.25, 0.3) is 0 Å². The first kappa shape index (κ1) is 13.2. The highest BCUT2D eigenvalue weighted by atomic mass is 16.6. The summed E-state index contributed by atoms with van der Waals surface area (Å²) in [7, 11) is 1.78. The first-order chi connectivity index (χ1) is 9.11. The Hall–Kier alpha value is -2.20. The van der Waals surface area contributed by atoms with Gasteiger partial charge in [-0.15, -0.1) is 0 Å². The Bertz CT molecular complexity index is 519. The third-order valence-electron chi connectivity index (χ3n) is 3.19. The molecule has 7 heteroatoms. The molecule has 1 unspecified atom stereocenters. The molecule has 1 fully saturated rings. The van der Waals surface area contributed by atoms with Gasteiger partial charge in [0.25, 0.3) is 0 Å². The van der Waals surface area contributed by atoms with Gasteiger partial charge in [-0.2, -0.15) is 5.26 Å². The summed E-state index contributed by atoms with van der Waals surface area (Å²) in [5, 5.41) is 23.1. The van der Waals surface area contributed by atoms with Crippen LogP contribution in [0.5, 0.6) is 0 Å². The molecule has 1 aromatic heterocycles. The lowest BCUT2D eigenvalue weighted by molar-refractivity contribution is -0.384. The number of likely N-dealkylation sites (N-methyl/N-ethyl adjacent to an activating group) is 1. The summed E-state index contributed by atoms with van der Waals surface area (Å²) in [5.41, 5.74) is 0.0717. The van der Waals surface area contributed by atoms with Crippen molar-refractivity contribution in [1.82, 2.24) is 10.3 Å². The Labute approximate surface area is 111 Å². The van der Waals surface area contributed by atoms with Crippen molar-refractivity contribution in [1.29, 1.82) is 5.26 Å². The van der Waals surface area contributed by atoms with E-state index in [1.54, 1.807) is 11.9 Å². The molecule has 1 atom stereocenters. The van der Waals surface area contributed by atoms with E-state index in [0.717, 1.165) is 19.4 Å². The number of nitriles is 1. The van der Waals surface area contributed by atoms with Crippen LogP contribution in [0.1, 0.15) is 18.4 Å².